The maximum Gasteiger partial charge on any atom is 0.416 e. The third-order valence-electron chi connectivity index (χ3n) is 20.9. The van der Waals surface area contributed by atoms with Gasteiger partial charge in [0.25, 0.3) is 11.8 Å². The van der Waals surface area contributed by atoms with E-state index in [1.165, 1.54) is 84.7 Å². The molecule has 40 heteroatoms. The molecule has 0 radical (unpaired) electrons. The highest BCUT2D eigenvalue weighted by atomic mass is 16.7. The smallest absolute Gasteiger partial charge is 0.416 e. The molecule has 6 aliphatic heterocycles. The Kier molecular flexibility index (Phi) is 32.4. The molecule has 11 N–H and O–H groups in total. The normalized spacial score (nSPS) is 22.8. The molecule has 40 nitrogen and oxygen atoms in total. The number of carboxylic acid groups (broad SMARTS) is 2. The van der Waals surface area contributed by atoms with Gasteiger partial charge in [-0.05, 0) is 136 Å². The number of hydrogen-bond acceptors (Lipinski definition) is 33. The van der Waals surface area contributed by atoms with Crippen LogP contribution in [0.25, 0.3) is 0 Å². The molecule has 0 aliphatic carbocycles. The number of ether oxygens (including phenoxy) is 15. The molecule has 6 heterocycles. The fraction of sp³-hybridized carbons (Fsp3) is 0.488. The Balaban J connectivity index is 0.865. The van der Waals surface area contributed by atoms with Crippen LogP contribution in [0.2, 0.25) is 0 Å². The lowest BCUT2D eigenvalue weighted by atomic mass is 9.98. The van der Waals surface area contributed by atoms with Gasteiger partial charge in [-0.3, -0.25) is 24.0 Å². The average Bonchev–Trinajstić information content (AvgIpc) is 1.60. The van der Waals surface area contributed by atoms with Crippen molar-refractivity contribution in [3.8, 4) is 28.7 Å². The van der Waals surface area contributed by atoms with Crippen molar-refractivity contribution in [3.05, 3.63) is 153 Å². The predicted molar refractivity (Wildman–Crippen MR) is 434 cm³/mol. The molecule has 4 saturated heterocycles. The number of rotatable bonds is 39. The molecule has 5 amide bonds. The monoisotopic (exact) mass is 1770 g/mol. The molecule has 11 rings (SSSR count). The highest BCUT2D eigenvalue weighted by molar-refractivity contribution is 6.08. The number of ketones is 2. The molecule has 13 atom stereocenters. The van der Waals surface area contributed by atoms with Gasteiger partial charge in [-0.2, -0.15) is 0 Å². The van der Waals surface area contributed by atoms with Gasteiger partial charge in [-0.25, -0.2) is 33.8 Å². The lowest BCUT2D eigenvalue weighted by Gasteiger charge is -2.38. The van der Waals surface area contributed by atoms with Gasteiger partial charge >= 0.3 is 30.1 Å². The maximum atomic E-state index is 15.0. The first kappa shape index (κ1) is 95.3. The second-order valence-corrected chi connectivity index (χ2v) is 31.6. The van der Waals surface area contributed by atoms with Crippen molar-refractivity contribution in [1.29, 1.82) is 0 Å². The Morgan fingerprint density at radius 1 is 0.532 bits per heavy atom. The van der Waals surface area contributed by atoms with E-state index in [0.717, 1.165) is 9.80 Å². The molecule has 5 aromatic carbocycles. The van der Waals surface area contributed by atoms with Crippen LogP contribution < -0.4 is 38.8 Å². The lowest BCUT2D eigenvalue weighted by molar-refractivity contribution is -0.271. The number of anilines is 3. The summed E-state index contributed by atoms with van der Waals surface area (Å²) >= 11 is 0. The van der Waals surface area contributed by atoms with E-state index in [9.17, 15) is 93.9 Å². The molecular weight excluding hydrogens is 1660 g/mol. The Morgan fingerprint density at radius 3 is 1.58 bits per heavy atom. The fourth-order valence-electron chi connectivity index (χ4n) is 14.8. The summed E-state index contributed by atoms with van der Waals surface area (Å²) in [6.07, 6.45) is -22.4. The number of carbonyl (C=O) groups excluding carboxylic acids is 8. The van der Waals surface area contributed by atoms with Gasteiger partial charge in [-0.15, -0.1) is 0 Å². The van der Waals surface area contributed by atoms with Crippen molar-refractivity contribution in [1.82, 2.24) is 9.80 Å². The van der Waals surface area contributed by atoms with Gasteiger partial charge in [0.2, 0.25) is 18.5 Å². The molecule has 0 spiro atoms. The Hall–Kier alpha value is -11.3. The summed E-state index contributed by atoms with van der Waals surface area (Å²) in [6, 6.07) is 16.1. The highest BCUT2D eigenvalue weighted by Gasteiger charge is 2.51. The van der Waals surface area contributed by atoms with Gasteiger partial charge in [0, 0.05) is 64.1 Å². The summed E-state index contributed by atoms with van der Waals surface area (Å²) in [4.78, 5) is 141. The summed E-state index contributed by atoms with van der Waals surface area (Å²) < 4.78 is 85.2. The number of amides is 5. The quantitative estimate of drug-likeness (QED) is 0.00877. The first-order valence-corrected chi connectivity index (χ1v) is 40.3. The summed E-state index contributed by atoms with van der Waals surface area (Å²) in [5, 5.41) is 109. The first-order chi connectivity index (χ1) is 60.0. The van der Waals surface area contributed by atoms with Crippen LogP contribution in [0.15, 0.2) is 103 Å². The second-order valence-electron chi connectivity index (χ2n) is 31.6. The molecule has 682 valence electrons. The van der Waals surface area contributed by atoms with E-state index in [0.29, 0.717) is 34.3 Å². The van der Waals surface area contributed by atoms with Crippen LogP contribution in [-0.2, 0) is 93.0 Å². The maximum absolute atomic E-state index is 15.0. The van der Waals surface area contributed by atoms with Gasteiger partial charge in [-0.1, -0.05) is 36.4 Å². The Labute approximate surface area is 722 Å². The number of nitrogens with zero attached hydrogens (tertiary/aromatic N) is 4. The minimum Gasteiger partial charge on any atom is -0.493 e. The van der Waals surface area contributed by atoms with E-state index in [1.54, 1.807) is 45.9 Å². The third kappa shape index (κ3) is 23.7. The van der Waals surface area contributed by atoms with E-state index in [1.807, 2.05) is 0 Å². The first-order valence-electron chi connectivity index (χ1n) is 40.3. The third-order valence-corrected chi connectivity index (χ3v) is 20.9. The molecule has 0 saturated carbocycles. The van der Waals surface area contributed by atoms with Crippen LogP contribution in [0.5, 0.6) is 28.7 Å². The Morgan fingerprint density at radius 2 is 1.04 bits per heavy atom. The topological polar surface area (TPSA) is 536 Å². The number of aliphatic hydroxyl groups is 8. The number of benzene rings is 5. The zero-order valence-electron chi connectivity index (χ0n) is 69.9. The predicted octanol–water partition coefficient (Wildman–Crippen LogP) is 3.75. The Bertz CT molecular complexity index is 4860. The van der Waals surface area contributed by atoms with Crippen LogP contribution in [0.1, 0.15) is 129 Å². The molecule has 3 unspecified atom stereocenters. The van der Waals surface area contributed by atoms with Crippen LogP contribution >= 0.6 is 0 Å². The molecule has 5 aromatic rings. The van der Waals surface area contributed by atoms with Crippen LogP contribution in [-0.4, -0.2) is 299 Å². The summed E-state index contributed by atoms with van der Waals surface area (Å²) in [6.45, 7) is 11.1. The van der Waals surface area contributed by atoms with Crippen molar-refractivity contribution in [2.75, 3.05) is 108 Å². The second kappa shape index (κ2) is 42.8. The highest BCUT2D eigenvalue weighted by Crippen LogP contribution is 2.45. The molecule has 6 aliphatic rings. The van der Waals surface area contributed by atoms with Gasteiger partial charge in [0.1, 0.15) is 106 Å². The number of Topliss-reactive ketones (excluding diaryl/α,β-unsaturated/α-hetero) is 2. The van der Waals surface area contributed by atoms with E-state index in [2.05, 4.69) is 18.5 Å². The minimum atomic E-state index is -2.08. The minimum absolute atomic E-state index is 0.00564. The standard InChI is InChI=1S/C86H103N5O35/c1-44-23-58-79(106)90(84(110)121-37-48-14-16-64(124-83-75(103)72(100)73(101)76(125-83)81(108)109)55(30-48)61(93)12-10-18-115-43-70(98)126-86(4,5)6)56-32-65(46(3)25-52(56)77(104)88(58)34-44)118-38-49-26-50(28-51(27-49)87-68(95)41-116-21-19-114-20-22-117-42-69(96)97)39-119-67-33-57-53(31-66(67)113-8)78(105)89-35-45(2)24-59(89)80(107)91(57)85(111)122-36-47-13-15-63(54(29-47)60(92)11-9-17-112-7)123-82-74(102)71(99)62(94)40-120-82/h13-16,25-33,58-59,62,71-76,79-80,82-83,94,99-103,106-107H,1-2,9-12,17-24,34-43H2,3-8H3,(H,87,95)(H,96,97)(H,108,109)/t58-,59-,62+,71-,72-,73-,74+,75+,76-,79?,80?,82-,83?/m0/s1. The van der Waals surface area contributed by atoms with Crippen LogP contribution in [0.4, 0.5) is 26.7 Å². The molecule has 0 bridgehead atoms. The van der Waals surface area contributed by atoms with Crippen molar-refractivity contribution in [3.63, 3.8) is 0 Å². The van der Waals surface area contributed by atoms with E-state index < -0.39 is 184 Å². The number of carbonyl (C=O) groups is 10. The zero-order valence-corrected chi connectivity index (χ0v) is 69.9. The van der Waals surface area contributed by atoms with Crippen molar-refractivity contribution >= 4 is 76.4 Å². The number of hydrogen-bond donors (Lipinski definition) is 11. The molecular formula is C86H103N5O35. The number of aryl methyl sites for hydroxylation is 1. The summed E-state index contributed by atoms with van der Waals surface area (Å²) in [7, 11) is 2.76. The van der Waals surface area contributed by atoms with Crippen molar-refractivity contribution in [2.45, 2.75) is 178 Å². The number of aliphatic hydroxyl groups excluding tert-OH is 8. The van der Waals surface area contributed by atoms with Gasteiger partial charge < -0.3 is 137 Å². The van der Waals surface area contributed by atoms with Crippen molar-refractivity contribution in [2.24, 2.45) is 0 Å². The number of aliphatic carboxylic acids is 2. The number of methoxy groups -OCH3 is 2. The van der Waals surface area contributed by atoms with Crippen LogP contribution in [0.3, 0.4) is 0 Å². The molecule has 0 aromatic heterocycles. The van der Waals surface area contributed by atoms with Crippen molar-refractivity contribution < 1.29 is 170 Å². The zero-order chi connectivity index (χ0) is 91.1. The largest absolute Gasteiger partial charge is 0.493 e. The van der Waals surface area contributed by atoms with E-state index in [4.69, 9.17) is 76.2 Å². The van der Waals surface area contributed by atoms with E-state index in [-0.39, 0.29) is 177 Å². The van der Waals surface area contributed by atoms with Gasteiger partial charge in [0.15, 0.2) is 41.6 Å². The van der Waals surface area contributed by atoms with Crippen LogP contribution in [0, 0.1) is 6.92 Å². The number of carboxylic acids is 2. The fourth-order valence-corrected chi connectivity index (χ4v) is 14.8. The van der Waals surface area contributed by atoms with E-state index >= 15 is 0 Å². The SMILES string of the molecule is C=C1C[C@H]2C(O)N(C(=O)OCc3ccc(OC4O[C@H](C(=O)O)[C@@H](O)[C@H](O)[C@H]4O)c(C(=O)CCCOCC(=O)OC(C)(C)C)c3)c3cc(OCc4cc(COc5cc6c(cc5OC)C(=O)N5CC(=C)C[C@H]5C(O)N6C(=O)OCc5ccc(O[C@@H]6OC[C@@H](O)[C@H](O)[C@H]6O)c(C(=O)CCCOC)c5)cc(NC(=O)COCCOCCOCC(=O)O)c4)c(C)cc3C(=O)N2C1. The molecule has 126 heavy (non-hydrogen) atoms. The van der Waals surface area contributed by atoms with Gasteiger partial charge in [0.05, 0.1) is 85.9 Å². The summed E-state index contributed by atoms with van der Waals surface area (Å²) in [5.41, 5.74) is 1.05. The average molecular weight is 1770 g/mol. The number of nitrogens with one attached hydrogen (secondary N) is 1. The number of esters is 1. The molecule has 4 fully saturated rings. The summed E-state index contributed by atoms with van der Waals surface area (Å²) in [5.74, 6) is -6.92. The lowest BCUT2D eigenvalue weighted by Crippen LogP contribution is -2.61. The number of fused-ring (bicyclic) bond motifs is 4.